The van der Waals surface area contributed by atoms with E-state index in [0.717, 1.165) is 44.9 Å². The molecule has 0 bridgehead atoms. The number of aliphatic hydroxyl groups is 1. The SMILES string of the molecule is CCCCC/C=C/CC/C=C/C(O)C(COP(=O)(O)OCC[N+](C)(C)C)NC(=O)CCCCCCCCCCCCCCCCCCC/C=C\C/C=C\CCCCCCCCCCCCC. The molecule has 1 amide bonds. The van der Waals surface area contributed by atoms with Gasteiger partial charge in [0.05, 0.1) is 39.9 Å². The Bertz CT molecular complexity index is 1210. The second-order valence-electron chi connectivity index (χ2n) is 20.3. The fourth-order valence-electron chi connectivity index (χ4n) is 8.09. The number of nitrogens with zero attached hydrogens (tertiary/aromatic N) is 1. The Hall–Kier alpha value is -1.54. The lowest BCUT2D eigenvalue weighted by molar-refractivity contribution is -0.870. The van der Waals surface area contributed by atoms with E-state index in [1.54, 1.807) is 6.08 Å². The Morgan fingerprint density at radius 3 is 1.33 bits per heavy atom. The average molecular weight is 950 g/mol. The van der Waals surface area contributed by atoms with Crippen LogP contribution in [0, 0.1) is 0 Å². The van der Waals surface area contributed by atoms with Crippen LogP contribution in [0.1, 0.15) is 258 Å². The summed E-state index contributed by atoms with van der Waals surface area (Å²) in [5, 5.41) is 13.8. The highest BCUT2D eigenvalue weighted by molar-refractivity contribution is 7.47. The molecule has 388 valence electrons. The van der Waals surface area contributed by atoms with E-state index in [0.29, 0.717) is 17.4 Å². The lowest BCUT2D eigenvalue weighted by Gasteiger charge is -2.25. The van der Waals surface area contributed by atoms with Gasteiger partial charge in [-0.1, -0.05) is 236 Å². The van der Waals surface area contributed by atoms with Crippen LogP contribution in [0.5, 0.6) is 0 Å². The zero-order chi connectivity index (χ0) is 48.5. The summed E-state index contributed by atoms with van der Waals surface area (Å²) in [5.74, 6) is -0.188. The van der Waals surface area contributed by atoms with Crippen molar-refractivity contribution in [3.05, 3.63) is 48.6 Å². The predicted octanol–water partition coefficient (Wildman–Crippen LogP) is 16.8. The van der Waals surface area contributed by atoms with Crippen LogP contribution in [0.4, 0.5) is 0 Å². The number of rotatable bonds is 51. The molecule has 0 aromatic heterocycles. The minimum atomic E-state index is -4.34. The van der Waals surface area contributed by atoms with Crippen molar-refractivity contribution in [1.29, 1.82) is 0 Å². The molecule has 0 aromatic carbocycles. The van der Waals surface area contributed by atoms with Crippen LogP contribution in [0.3, 0.4) is 0 Å². The van der Waals surface area contributed by atoms with Crippen molar-refractivity contribution in [1.82, 2.24) is 5.32 Å². The fourth-order valence-corrected chi connectivity index (χ4v) is 8.82. The van der Waals surface area contributed by atoms with Gasteiger partial charge in [-0.25, -0.2) is 4.57 Å². The van der Waals surface area contributed by atoms with Gasteiger partial charge in [0.2, 0.25) is 5.91 Å². The first kappa shape index (κ1) is 64.5. The molecule has 0 fully saturated rings. The van der Waals surface area contributed by atoms with E-state index in [-0.39, 0.29) is 19.1 Å². The zero-order valence-electron chi connectivity index (χ0n) is 44.2. The van der Waals surface area contributed by atoms with E-state index in [2.05, 4.69) is 55.6 Å². The van der Waals surface area contributed by atoms with E-state index in [1.165, 1.54) is 193 Å². The van der Waals surface area contributed by atoms with Crippen LogP contribution in [-0.2, 0) is 18.4 Å². The molecule has 3 N–H and O–H groups in total. The number of aliphatic hydroxyl groups excluding tert-OH is 1. The van der Waals surface area contributed by atoms with Gasteiger partial charge in [-0.3, -0.25) is 13.8 Å². The van der Waals surface area contributed by atoms with Crippen molar-refractivity contribution in [2.45, 2.75) is 270 Å². The number of quaternary nitrogens is 1. The quantitative estimate of drug-likeness (QED) is 0.0243. The maximum absolute atomic E-state index is 12.9. The van der Waals surface area contributed by atoms with Crippen LogP contribution < -0.4 is 5.32 Å². The van der Waals surface area contributed by atoms with Crippen LogP contribution in [0.25, 0.3) is 0 Å². The average Bonchev–Trinajstić information content (AvgIpc) is 3.28. The minimum absolute atomic E-state index is 0.0558. The molecule has 0 rings (SSSR count). The van der Waals surface area contributed by atoms with Gasteiger partial charge in [0.25, 0.3) is 0 Å². The van der Waals surface area contributed by atoms with E-state index in [4.69, 9.17) is 9.05 Å². The summed E-state index contributed by atoms with van der Waals surface area (Å²) >= 11 is 0. The number of hydrogen-bond acceptors (Lipinski definition) is 5. The summed E-state index contributed by atoms with van der Waals surface area (Å²) in [4.78, 5) is 23.1. The molecule has 0 aliphatic rings. The van der Waals surface area contributed by atoms with Gasteiger partial charge in [0, 0.05) is 6.42 Å². The number of hydrogen-bond donors (Lipinski definition) is 3. The first-order valence-corrected chi connectivity index (χ1v) is 29.5. The molecule has 0 heterocycles. The standard InChI is InChI=1S/C57H109N2O6P/c1-6-8-10-12-14-16-17-18-19-20-21-22-23-24-25-26-27-28-29-30-31-32-33-34-35-36-37-38-39-40-41-43-45-47-49-51-57(61)58-55(54-65-66(62,63)64-53-52-59(3,4)5)56(60)50-48-46-44-42-15-13-11-9-7-2/h15,23-24,26-27,42,48,50,55-56,60H,6-14,16-22,25,28-41,43-47,49,51-54H2,1-5H3,(H-,58,61,62,63)/p+1/b24-23-,27-26-,42-15+,50-48+. The molecule has 3 unspecified atom stereocenters. The van der Waals surface area contributed by atoms with Crippen LogP contribution >= 0.6 is 7.82 Å². The molecule has 8 nitrogen and oxygen atoms in total. The van der Waals surface area contributed by atoms with Gasteiger partial charge >= 0.3 is 7.82 Å². The number of unbranched alkanes of at least 4 members (excludes halogenated alkanes) is 32. The normalized spacial score (nSPS) is 14.3. The van der Waals surface area contributed by atoms with E-state index < -0.39 is 20.0 Å². The molecular weight excluding hydrogens is 840 g/mol. The number of phosphoric acid groups is 1. The first-order valence-electron chi connectivity index (χ1n) is 28.0. The van der Waals surface area contributed by atoms with Crippen molar-refractivity contribution in [2.24, 2.45) is 0 Å². The zero-order valence-corrected chi connectivity index (χ0v) is 45.1. The van der Waals surface area contributed by atoms with Crippen LogP contribution in [0.15, 0.2) is 48.6 Å². The molecule has 0 radical (unpaired) electrons. The molecule has 66 heavy (non-hydrogen) atoms. The second-order valence-corrected chi connectivity index (χ2v) is 21.8. The Balaban J connectivity index is 3.91. The highest BCUT2D eigenvalue weighted by Crippen LogP contribution is 2.43. The number of likely N-dealkylation sites (N-methyl/N-ethyl adjacent to an activating group) is 1. The van der Waals surface area contributed by atoms with Crippen molar-refractivity contribution in [3.63, 3.8) is 0 Å². The van der Waals surface area contributed by atoms with Crippen LogP contribution in [0.2, 0.25) is 0 Å². The summed E-state index contributed by atoms with van der Waals surface area (Å²) in [6.07, 6.45) is 63.9. The van der Waals surface area contributed by atoms with Gasteiger partial charge < -0.3 is 19.8 Å². The third-order valence-corrected chi connectivity index (χ3v) is 13.5. The van der Waals surface area contributed by atoms with Crippen LogP contribution in [-0.4, -0.2) is 73.4 Å². The smallest absolute Gasteiger partial charge is 0.387 e. The maximum Gasteiger partial charge on any atom is 0.472 e. The summed E-state index contributed by atoms with van der Waals surface area (Å²) in [6.45, 7) is 4.75. The summed E-state index contributed by atoms with van der Waals surface area (Å²) in [6, 6.07) is -0.861. The van der Waals surface area contributed by atoms with Crippen molar-refractivity contribution in [3.8, 4) is 0 Å². The Morgan fingerprint density at radius 2 is 0.879 bits per heavy atom. The number of phosphoric ester groups is 1. The highest BCUT2D eigenvalue weighted by atomic mass is 31.2. The van der Waals surface area contributed by atoms with Gasteiger partial charge in [-0.05, 0) is 64.2 Å². The van der Waals surface area contributed by atoms with Gasteiger partial charge in [0.1, 0.15) is 13.2 Å². The van der Waals surface area contributed by atoms with E-state index >= 15 is 0 Å². The predicted molar refractivity (Wildman–Crippen MR) is 286 cm³/mol. The molecule has 9 heteroatoms. The summed E-state index contributed by atoms with van der Waals surface area (Å²) < 4.78 is 23.5. The molecule has 0 spiro atoms. The largest absolute Gasteiger partial charge is 0.472 e. The first-order chi connectivity index (χ1) is 32.0. The number of carbonyl (C=O) groups is 1. The third-order valence-electron chi connectivity index (χ3n) is 12.5. The second kappa shape index (κ2) is 48.5. The number of allylic oxidation sites excluding steroid dienone is 7. The lowest BCUT2D eigenvalue weighted by atomic mass is 10.0. The maximum atomic E-state index is 12.9. The number of amides is 1. The summed E-state index contributed by atoms with van der Waals surface area (Å²) in [7, 11) is 1.55. The molecule has 0 saturated carbocycles. The molecule has 0 saturated heterocycles. The molecule has 0 aliphatic carbocycles. The van der Waals surface area contributed by atoms with Gasteiger partial charge in [0.15, 0.2) is 0 Å². The van der Waals surface area contributed by atoms with Gasteiger partial charge in [-0.2, -0.15) is 0 Å². The molecular formula is C57H110N2O6P+. The third kappa shape index (κ3) is 50.3. The monoisotopic (exact) mass is 950 g/mol. The fraction of sp³-hybridized carbons (Fsp3) is 0.842. The minimum Gasteiger partial charge on any atom is -0.387 e. The number of nitrogens with one attached hydrogen (secondary N) is 1. The Kier molecular flexibility index (Phi) is 47.4. The highest BCUT2D eigenvalue weighted by Gasteiger charge is 2.27. The van der Waals surface area contributed by atoms with Crippen molar-refractivity contribution in [2.75, 3.05) is 40.9 Å². The molecule has 3 atom stereocenters. The summed E-state index contributed by atoms with van der Waals surface area (Å²) in [5.41, 5.74) is 0. The van der Waals surface area contributed by atoms with E-state index in [9.17, 15) is 19.4 Å². The topological polar surface area (TPSA) is 105 Å². The Labute approximate surface area is 409 Å². The molecule has 0 aromatic rings. The number of carbonyl (C=O) groups excluding carboxylic acids is 1. The Morgan fingerprint density at radius 1 is 0.515 bits per heavy atom. The van der Waals surface area contributed by atoms with Crippen molar-refractivity contribution >= 4 is 13.7 Å². The lowest BCUT2D eigenvalue weighted by Crippen LogP contribution is -2.45. The van der Waals surface area contributed by atoms with E-state index in [1.807, 2.05) is 27.2 Å². The van der Waals surface area contributed by atoms with Crippen molar-refractivity contribution < 1.29 is 32.9 Å². The molecule has 0 aliphatic heterocycles. The van der Waals surface area contributed by atoms with Gasteiger partial charge in [-0.15, -0.1) is 0 Å².